The molecule has 0 unspecified atom stereocenters. The van der Waals surface area contributed by atoms with Gasteiger partial charge in [0.25, 0.3) is 0 Å². The number of carbonyl (C=O) groups is 1. The molecule has 2 aromatic carbocycles. The van der Waals surface area contributed by atoms with Crippen LogP contribution in [0.5, 0.6) is 0 Å². The summed E-state index contributed by atoms with van der Waals surface area (Å²) in [5.41, 5.74) is 2.30. The van der Waals surface area contributed by atoms with Crippen LogP contribution in [0.3, 0.4) is 0 Å². The number of nitrogens with zero attached hydrogens (tertiary/aromatic N) is 1. The molecule has 1 heterocycles. The topological polar surface area (TPSA) is 49.8 Å². The second-order valence-corrected chi connectivity index (χ2v) is 6.21. The van der Waals surface area contributed by atoms with Crippen LogP contribution in [0, 0.1) is 0 Å². The van der Waals surface area contributed by atoms with Gasteiger partial charge in [-0.3, -0.25) is 9.69 Å². The molecule has 3 rings (SSSR count). The van der Waals surface area contributed by atoms with Crippen molar-refractivity contribution in [3.63, 3.8) is 0 Å². The lowest BCUT2D eigenvalue weighted by Gasteiger charge is -2.33. The molecular formula is C21H28ClNO3. The molecule has 1 aliphatic rings. The Labute approximate surface area is 162 Å². The highest BCUT2D eigenvalue weighted by Crippen LogP contribution is 2.29. The van der Waals surface area contributed by atoms with Gasteiger partial charge in [0, 0.05) is 13.1 Å². The summed E-state index contributed by atoms with van der Waals surface area (Å²) < 4.78 is 6.44. The molecule has 1 N–H and O–H groups in total. The quantitative estimate of drug-likeness (QED) is 0.810. The number of ether oxygens (including phenoxy) is 1. The third kappa shape index (κ3) is 6.13. The molecule has 0 radical (unpaired) electrons. The molecular weight excluding hydrogens is 350 g/mol. The largest absolute Gasteiger partial charge is 0.480 e. The number of rotatable bonds is 6. The van der Waals surface area contributed by atoms with E-state index in [-0.39, 0.29) is 38.6 Å². The fourth-order valence-electron chi connectivity index (χ4n) is 3.19. The lowest BCUT2D eigenvalue weighted by molar-refractivity contribution is -0.139. The Hall–Kier alpha value is -1.88. The van der Waals surface area contributed by atoms with Crippen molar-refractivity contribution in [3.05, 3.63) is 71.8 Å². The molecule has 5 heteroatoms. The van der Waals surface area contributed by atoms with E-state index in [9.17, 15) is 4.79 Å². The number of carboxylic acids is 1. The van der Waals surface area contributed by atoms with E-state index < -0.39 is 5.97 Å². The standard InChI is InChI=1S/C20H23NO3.CH4.ClH/c22-19(23)15-21-13-11-18(12-14-21)24-20(16-7-3-1-4-8-16)17-9-5-2-6-10-17;;/h1-10,18,20H,11-15H2,(H,22,23);1H4;1H. The van der Waals surface area contributed by atoms with Crippen LogP contribution in [0.4, 0.5) is 0 Å². The molecule has 0 bridgehead atoms. The van der Waals surface area contributed by atoms with Gasteiger partial charge >= 0.3 is 5.97 Å². The van der Waals surface area contributed by atoms with Gasteiger partial charge in [-0.1, -0.05) is 68.1 Å². The van der Waals surface area contributed by atoms with Gasteiger partial charge in [0.05, 0.1) is 12.6 Å². The highest BCUT2D eigenvalue weighted by Gasteiger charge is 2.25. The predicted octanol–water partition coefficient (Wildman–Crippen LogP) is 4.40. The minimum absolute atomic E-state index is 0. The average Bonchev–Trinajstić information content (AvgIpc) is 2.62. The molecule has 1 aliphatic heterocycles. The Morgan fingerprint density at radius 3 is 1.88 bits per heavy atom. The molecule has 26 heavy (non-hydrogen) atoms. The Morgan fingerprint density at radius 1 is 1.00 bits per heavy atom. The van der Waals surface area contributed by atoms with Gasteiger partial charge in [-0.25, -0.2) is 0 Å². The number of hydrogen-bond donors (Lipinski definition) is 1. The fourth-order valence-corrected chi connectivity index (χ4v) is 3.19. The third-order valence-corrected chi connectivity index (χ3v) is 4.43. The first-order valence-electron chi connectivity index (χ1n) is 8.42. The van der Waals surface area contributed by atoms with E-state index in [0.29, 0.717) is 0 Å². The minimum atomic E-state index is -0.763. The van der Waals surface area contributed by atoms with Crippen LogP contribution >= 0.6 is 12.4 Å². The average molecular weight is 378 g/mol. The summed E-state index contributed by atoms with van der Waals surface area (Å²) in [6.45, 7) is 1.66. The molecule has 0 saturated carbocycles. The zero-order valence-electron chi connectivity index (χ0n) is 14.1. The van der Waals surface area contributed by atoms with Gasteiger partial charge in [-0.2, -0.15) is 0 Å². The number of halogens is 1. The van der Waals surface area contributed by atoms with Crippen LogP contribution in [-0.2, 0) is 9.53 Å². The van der Waals surface area contributed by atoms with Crippen molar-refractivity contribution in [2.45, 2.75) is 32.5 Å². The summed E-state index contributed by atoms with van der Waals surface area (Å²) in [5, 5.41) is 8.90. The number of aliphatic carboxylic acids is 1. The van der Waals surface area contributed by atoms with Crippen molar-refractivity contribution in [2.75, 3.05) is 19.6 Å². The van der Waals surface area contributed by atoms with Crippen LogP contribution in [0.25, 0.3) is 0 Å². The lowest BCUT2D eigenvalue weighted by atomic mass is 10.00. The van der Waals surface area contributed by atoms with Crippen LogP contribution in [0.1, 0.15) is 37.5 Å². The molecule has 0 aliphatic carbocycles. The summed E-state index contributed by atoms with van der Waals surface area (Å²) in [7, 11) is 0. The molecule has 0 amide bonds. The molecule has 1 saturated heterocycles. The van der Waals surface area contributed by atoms with E-state index in [0.717, 1.165) is 37.1 Å². The van der Waals surface area contributed by atoms with E-state index in [2.05, 4.69) is 24.3 Å². The Morgan fingerprint density at radius 2 is 1.46 bits per heavy atom. The highest BCUT2D eigenvalue weighted by molar-refractivity contribution is 5.85. The van der Waals surface area contributed by atoms with Gasteiger partial charge in [0.1, 0.15) is 6.10 Å². The minimum Gasteiger partial charge on any atom is -0.480 e. The smallest absolute Gasteiger partial charge is 0.317 e. The maximum absolute atomic E-state index is 10.8. The summed E-state index contributed by atoms with van der Waals surface area (Å²) >= 11 is 0. The highest BCUT2D eigenvalue weighted by atomic mass is 35.5. The first-order chi connectivity index (χ1) is 11.7. The van der Waals surface area contributed by atoms with E-state index in [4.69, 9.17) is 9.84 Å². The normalized spacial score (nSPS) is 15.1. The third-order valence-electron chi connectivity index (χ3n) is 4.43. The summed E-state index contributed by atoms with van der Waals surface area (Å²) in [5.74, 6) is -0.763. The number of likely N-dealkylation sites (tertiary alicyclic amines) is 1. The Balaban J connectivity index is 0.00000169. The second-order valence-electron chi connectivity index (χ2n) is 6.21. The van der Waals surface area contributed by atoms with Gasteiger partial charge in [-0.05, 0) is 24.0 Å². The van der Waals surface area contributed by atoms with Crippen LogP contribution in [0.2, 0.25) is 0 Å². The zero-order valence-corrected chi connectivity index (χ0v) is 14.9. The van der Waals surface area contributed by atoms with Gasteiger partial charge in [0.2, 0.25) is 0 Å². The first-order valence-corrected chi connectivity index (χ1v) is 8.42. The van der Waals surface area contributed by atoms with Gasteiger partial charge in [0.15, 0.2) is 0 Å². The molecule has 0 spiro atoms. The summed E-state index contributed by atoms with van der Waals surface area (Å²) in [4.78, 5) is 12.8. The van der Waals surface area contributed by atoms with Gasteiger partial charge in [-0.15, -0.1) is 12.4 Å². The van der Waals surface area contributed by atoms with Crippen molar-refractivity contribution in [2.24, 2.45) is 0 Å². The van der Waals surface area contributed by atoms with Crippen molar-refractivity contribution in [3.8, 4) is 0 Å². The van der Waals surface area contributed by atoms with Crippen molar-refractivity contribution < 1.29 is 14.6 Å². The second kappa shape index (κ2) is 11.0. The Bertz CT molecular complexity index is 603. The summed E-state index contributed by atoms with van der Waals surface area (Å²) in [6, 6.07) is 20.5. The molecule has 4 nitrogen and oxygen atoms in total. The first kappa shape index (κ1) is 22.2. The molecule has 1 fully saturated rings. The van der Waals surface area contributed by atoms with Crippen LogP contribution in [0.15, 0.2) is 60.7 Å². The van der Waals surface area contributed by atoms with Crippen molar-refractivity contribution in [1.82, 2.24) is 4.90 Å². The van der Waals surface area contributed by atoms with E-state index in [1.54, 1.807) is 0 Å². The Kier molecular flexibility index (Phi) is 9.35. The van der Waals surface area contributed by atoms with Gasteiger partial charge < -0.3 is 9.84 Å². The zero-order chi connectivity index (χ0) is 16.8. The number of hydrogen-bond acceptors (Lipinski definition) is 3. The van der Waals surface area contributed by atoms with Crippen molar-refractivity contribution >= 4 is 18.4 Å². The summed E-state index contributed by atoms with van der Waals surface area (Å²) in [6.07, 6.45) is 1.80. The maximum Gasteiger partial charge on any atom is 0.317 e. The van der Waals surface area contributed by atoms with E-state index in [1.807, 2.05) is 41.3 Å². The van der Waals surface area contributed by atoms with Crippen LogP contribution < -0.4 is 0 Å². The molecule has 0 atom stereocenters. The number of benzene rings is 2. The molecule has 2 aromatic rings. The lowest BCUT2D eigenvalue weighted by Crippen LogP contribution is -2.40. The number of piperidine rings is 1. The van der Waals surface area contributed by atoms with Crippen molar-refractivity contribution in [1.29, 1.82) is 0 Å². The molecule has 142 valence electrons. The number of carboxylic acid groups (broad SMARTS) is 1. The fraction of sp³-hybridized carbons (Fsp3) is 0.381. The predicted molar refractivity (Wildman–Crippen MR) is 107 cm³/mol. The monoisotopic (exact) mass is 377 g/mol. The van der Waals surface area contributed by atoms with Crippen LogP contribution in [-0.4, -0.2) is 41.7 Å². The SMILES string of the molecule is C.Cl.O=C(O)CN1CCC(OC(c2ccccc2)c2ccccc2)CC1. The maximum atomic E-state index is 10.8. The molecule has 0 aromatic heterocycles. The van der Waals surface area contributed by atoms with E-state index >= 15 is 0 Å². The van der Waals surface area contributed by atoms with E-state index in [1.165, 1.54) is 0 Å².